The van der Waals surface area contributed by atoms with Gasteiger partial charge < -0.3 is 5.73 Å². The summed E-state index contributed by atoms with van der Waals surface area (Å²) >= 11 is 7.78. The second kappa shape index (κ2) is 8.57. The summed E-state index contributed by atoms with van der Waals surface area (Å²) in [6.07, 6.45) is 5.59. The third-order valence-electron chi connectivity index (χ3n) is 1.76. The van der Waals surface area contributed by atoms with Crippen LogP contribution in [0.2, 0.25) is 0 Å². The third-order valence-corrected chi connectivity index (χ3v) is 3.25. The van der Waals surface area contributed by atoms with Gasteiger partial charge in [0.2, 0.25) is 5.91 Å². The van der Waals surface area contributed by atoms with E-state index in [9.17, 15) is 9.59 Å². The lowest BCUT2D eigenvalue weighted by atomic mass is 10.0. The van der Waals surface area contributed by atoms with Gasteiger partial charge in [0.05, 0.1) is 0 Å². The molecule has 0 aromatic carbocycles. The molecule has 6 heteroatoms. The summed E-state index contributed by atoms with van der Waals surface area (Å²) in [4.78, 5) is 21.6. The number of hydrogen-bond donors (Lipinski definition) is 2. The van der Waals surface area contributed by atoms with Crippen LogP contribution in [0.4, 0.5) is 4.79 Å². The number of primary amides is 1. The fourth-order valence-electron chi connectivity index (χ4n) is 0.795. The second-order valence-electron chi connectivity index (χ2n) is 2.60. The zero-order valence-electron chi connectivity index (χ0n) is 8.64. The van der Waals surface area contributed by atoms with Crippen molar-refractivity contribution in [1.29, 1.82) is 0 Å². The van der Waals surface area contributed by atoms with E-state index in [4.69, 9.17) is 5.73 Å². The summed E-state index contributed by atoms with van der Waals surface area (Å²) in [6.45, 7) is 3.72. The van der Waals surface area contributed by atoms with Crippen LogP contribution in [-0.4, -0.2) is 16.3 Å². The van der Waals surface area contributed by atoms with Crippen molar-refractivity contribution in [2.45, 2.75) is 31.0 Å². The standard InChI is InChI=1S/C7H13BrN2O2.C2HCl/c1-3-7(8,4-2)5(11)10-6(9)12;1-2-3/h3-4H2,1-2H3,(H3,9,10,11,12);1H. The smallest absolute Gasteiger partial charge is 0.318 e. The first kappa shape index (κ1) is 16.7. The first-order valence-electron chi connectivity index (χ1n) is 4.23. The number of imide groups is 1. The summed E-state index contributed by atoms with van der Waals surface area (Å²) in [5.74, 6) is -0.375. The first-order chi connectivity index (χ1) is 6.87. The Balaban J connectivity index is 0. The number of terminal acetylenes is 1. The highest BCUT2D eigenvalue weighted by molar-refractivity contribution is 9.10. The van der Waals surface area contributed by atoms with Crippen molar-refractivity contribution in [2.75, 3.05) is 0 Å². The number of urea groups is 1. The molecule has 0 atom stereocenters. The SMILES string of the molecule is C#CCl.CCC(Br)(CC)C(=O)NC(N)=O. The van der Waals surface area contributed by atoms with E-state index >= 15 is 0 Å². The molecule has 0 aromatic rings. The molecule has 0 bridgehead atoms. The van der Waals surface area contributed by atoms with Gasteiger partial charge in [0, 0.05) is 5.38 Å². The van der Waals surface area contributed by atoms with Crippen molar-refractivity contribution in [3.8, 4) is 11.8 Å². The fourth-order valence-corrected chi connectivity index (χ4v) is 0.894. The summed E-state index contributed by atoms with van der Waals surface area (Å²) in [5, 5.41) is 3.76. The van der Waals surface area contributed by atoms with Gasteiger partial charge in [-0.15, -0.1) is 6.42 Å². The van der Waals surface area contributed by atoms with Crippen LogP contribution in [0.5, 0.6) is 0 Å². The van der Waals surface area contributed by atoms with Crippen LogP contribution in [0.1, 0.15) is 26.7 Å². The Hall–Kier alpha value is -0.730. The summed E-state index contributed by atoms with van der Waals surface area (Å²) < 4.78 is -0.665. The Morgan fingerprint density at radius 2 is 1.87 bits per heavy atom. The van der Waals surface area contributed by atoms with Gasteiger partial charge in [0.15, 0.2) is 0 Å². The average molecular weight is 298 g/mol. The maximum atomic E-state index is 11.3. The van der Waals surface area contributed by atoms with Gasteiger partial charge in [-0.25, -0.2) is 4.79 Å². The second-order valence-corrected chi connectivity index (χ2v) is 4.34. The lowest BCUT2D eigenvalue weighted by Gasteiger charge is -2.21. The lowest BCUT2D eigenvalue weighted by Crippen LogP contribution is -2.46. The molecule has 3 amide bonds. The molecule has 0 radical (unpaired) electrons. The molecule has 15 heavy (non-hydrogen) atoms. The van der Waals surface area contributed by atoms with Crippen LogP contribution >= 0.6 is 27.5 Å². The van der Waals surface area contributed by atoms with E-state index in [2.05, 4.69) is 34.0 Å². The molecule has 0 heterocycles. The van der Waals surface area contributed by atoms with Crippen LogP contribution in [0, 0.1) is 11.8 Å². The van der Waals surface area contributed by atoms with E-state index < -0.39 is 10.4 Å². The number of carbonyl (C=O) groups excluding carboxylic acids is 2. The minimum absolute atomic E-state index is 0.375. The van der Waals surface area contributed by atoms with E-state index in [1.54, 1.807) is 5.38 Å². The van der Waals surface area contributed by atoms with E-state index in [0.29, 0.717) is 12.8 Å². The van der Waals surface area contributed by atoms with Crippen molar-refractivity contribution >= 4 is 39.5 Å². The normalized spacial score (nSPS) is 9.27. The number of nitrogens with one attached hydrogen (secondary N) is 1. The number of halogens is 2. The molecule has 0 saturated carbocycles. The number of hydrogen-bond acceptors (Lipinski definition) is 2. The molecule has 0 rings (SSSR count). The number of alkyl halides is 1. The predicted octanol–water partition coefficient (Wildman–Crippen LogP) is 1.95. The lowest BCUT2D eigenvalue weighted by molar-refractivity contribution is -0.122. The van der Waals surface area contributed by atoms with Crippen molar-refractivity contribution in [1.82, 2.24) is 5.32 Å². The molecule has 0 aliphatic carbocycles. The van der Waals surface area contributed by atoms with E-state index in [1.165, 1.54) is 0 Å². The number of amides is 3. The maximum Gasteiger partial charge on any atom is 0.318 e. The van der Waals surface area contributed by atoms with Crippen LogP contribution in [-0.2, 0) is 4.79 Å². The highest BCUT2D eigenvalue weighted by Crippen LogP contribution is 2.26. The third kappa shape index (κ3) is 7.23. The van der Waals surface area contributed by atoms with Crippen LogP contribution < -0.4 is 11.1 Å². The molecule has 0 saturated heterocycles. The molecule has 0 unspecified atom stereocenters. The Labute approximate surface area is 103 Å². The Kier molecular flexibility index (Phi) is 9.53. The summed E-state index contributed by atoms with van der Waals surface area (Å²) in [5.41, 5.74) is 4.81. The topological polar surface area (TPSA) is 72.2 Å². The van der Waals surface area contributed by atoms with Crippen LogP contribution in [0.15, 0.2) is 0 Å². The number of nitrogens with two attached hydrogens (primary N) is 1. The molecule has 0 aliphatic heterocycles. The summed E-state index contributed by atoms with van der Waals surface area (Å²) in [7, 11) is 0. The Morgan fingerprint density at radius 3 is 2.07 bits per heavy atom. The van der Waals surface area contributed by atoms with Gasteiger partial charge in [0.25, 0.3) is 0 Å². The molecular weight excluding hydrogens is 283 g/mol. The Bertz CT molecular complexity index is 259. The molecule has 0 aliphatic rings. The highest BCUT2D eigenvalue weighted by Gasteiger charge is 2.32. The largest absolute Gasteiger partial charge is 0.351 e. The highest BCUT2D eigenvalue weighted by atomic mass is 79.9. The van der Waals surface area contributed by atoms with Gasteiger partial charge in [-0.2, -0.15) is 0 Å². The van der Waals surface area contributed by atoms with Gasteiger partial charge in [-0.05, 0) is 24.4 Å². The molecule has 86 valence electrons. The molecule has 0 fully saturated rings. The van der Waals surface area contributed by atoms with Gasteiger partial charge in [-0.3, -0.25) is 10.1 Å². The van der Waals surface area contributed by atoms with Crippen molar-refractivity contribution < 1.29 is 9.59 Å². The minimum Gasteiger partial charge on any atom is -0.351 e. The molecule has 0 spiro atoms. The van der Waals surface area contributed by atoms with Gasteiger partial charge in [-0.1, -0.05) is 29.8 Å². The predicted molar refractivity (Wildman–Crippen MR) is 64.7 cm³/mol. The Morgan fingerprint density at radius 1 is 1.53 bits per heavy atom. The zero-order valence-corrected chi connectivity index (χ0v) is 11.0. The molecule has 4 nitrogen and oxygen atoms in total. The van der Waals surface area contributed by atoms with Crippen molar-refractivity contribution in [3.63, 3.8) is 0 Å². The summed E-state index contributed by atoms with van der Waals surface area (Å²) in [6, 6.07) is -0.814. The van der Waals surface area contributed by atoms with E-state index in [-0.39, 0.29) is 5.91 Å². The number of rotatable bonds is 3. The fraction of sp³-hybridized carbons (Fsp3) is 0.556. The maximum absolute atomic E-state index is 11.3. The molecule has 3 N–H and O–H groups in total. The van der Waals surface area contributed by atoms with Gasteiger partial charge in [0.1, 0.15) is 4.32 Å². The van der Waals surface area contributed by atoms with E-state index in [1.807, 2.05) is 19.2 Å². The molecular formula is C9H14BrClN2O2. The quantitative estimate of drug-likeness (QED) is 0.617. The first-order valence-corrected chi connectivity index (χ1v) is 5.41. The monoisotopic (exact) mass is 296 g/mol. The van der Waals surface area contributed by atoms with Crippen LogP contribution in [0.25, 0.3) is 0 Å². The van der Waals surface area contributed by atoms with Crippen molar-refractivity contribution in [2.24, 2.45) is 5.73 Å². The van der Waals surface area contributed by atoms with E-state index in [0.717, 1.165) is 0 Å². The number of carbonyl (C=O) groups is 2. The van der Waals surface area contributed by atoms with Crippen LogP contribution in [0.3, 0.4) is 0 Å². The molecule has 0 aromatic heterocycles. The average Bonchev–Trinajstić information content (AvgIpc) is 2.16. The van der Waals surface area contributed by atoms with Crippen molar-refractivity contribution in [3.05, 3.63) is 0 Å². The van der Waals surface area contributed by atoms with Gasteiger partial charge >= 0.3 is 6.03 Å². The minimum atomic E-state index is -0.814. The zero-order chi connectivity index (χ0) is 12.5.